The van der Waals surface area contributed by atoms with Crippen molar-refractivity contribution in [3.05, 3.63) is 30.3 Å². The molecule has 3 heteroatoms. The van der Waals surface area contributed by atoms with Gasteiger partial charge in [-0.3, -0.25) is 4.79 Å². The normalized spacial score (nSPS) is 12.1. The van der Waals surface area contributed by atoms with E-state index in [-0.39, 0.29) is 6.42 Å². The van der Waals surface area contributed by atoms with E-state index >= 15 is 0 Å². The predicted octanol–water partition coefficient (Wildman–Crippen LogP) is 4.57. The highest BCUT2D eigenvalue weighted by Crippen LogP contribution is 2.20. The van der Waals surface area contributed by atoms with Gasteiger partial charge in [0.1, 0.15) is 0 Å². The minimum atomic E-state index is -0.707. The molecular weight excluding hydrogens is 262 g/mol. The Kier molecular flexibility index (Phi) is 8.56. The lowest BCUT2D eigenvalue weighted by Crippen LogP contribution is -2.30. The Hall–Kier alpha value is -1.51. The van der Waals surface area contributed by atoms with Crippen LogP contribution in [0.5, 0.6) is 0 Å². The first-order chi connectivity index (χ1) is 10.2. The number of aliphatic carboxylic acids is 1. The molecule has 0 spiro atoms. The third kappa shape index (κ3) is 7.16. The van der Waals surface area contributed by atoms with Gasteiger partial charge < -0.3 is 10.0 Å². The molecule has 0 aliphatic heterocycles. The van der Waals surface area contributed by atoms with Crippen LogP contribution in [0.1, 0.15) is 52.4 Å². The van der Waals surface area contributed by atoms with Gasteiger partial charge in [0.25, 0.3) is 0 Å². The zero-order chi connectivity index (χ0) is 15.5. The zero-order valence-corrected chi connectivity index (χ0v) is 13.4. The Morgan fingerprint density at radius 3 is 2.48 bits per heavy atom. The van der Waals surface area contributed by atoms with Crippen molar-refractivity contribution in [2.75, 3.05) is 18.0 Å². The molecule has 0 fully saturated rings. The zero-order valence-electron chi connectivity index (χ0n) is 13.4. The van der Waals surface area contributed by atoms with Gasteiger partial charge in [-0.05, 0) is 30.9 Å². The molecule has 0 aliphatic rings. The molecule has 3 nitrogen and oxygen atoms in total. The Balaban J connectivity index is 2.64. The summed E-state index contributed by atoms with van der Waals surface area (Å²) in [6, 6.07) is 10.4. The molecule has 1 aromatic carbocycles. The van der Waals surface area contributed by atoms with Gasteiger partial charge in [0.2, 0.25) is 0 Å². The van der Waals surface area contributed by atoms with E-state index in [0.29, 0.717) is 12.3 Å². The molecule has 0 bridgehead atoms. The standard InChI is InChI=1S/C18H29NO2/c1-3-5-10-16(4-2)15-19(14-9-13-18(20)21)17-11-7-6-8-12-17/h6-8,11-12,16H,3-5,9-10,13-15H2,1-2H3,(H,20,21). The van der Waals surface area contributed by atoms with Crippen molar-refractivity contribution in [3.8, 4) is 0 Å². The van der Waals surface area contributed by atoms with Gasteiger partial charge in [0.05, 0.1) is 0 Å². The number of hydrogen-bond acceptors (Lipinski definition) is 2. The lowest BCUT2D eigenvalue weighted by molar-refractivity contribution is -0.137. The number of carboxylic acid groups (broad SMARTS) is 1. The molecule has 21 heavy (non-hydrogen) atoms. The Morgan fingerprint density at radius 2 is 1.90 bits per heavy atom. The summed E-state index contributed by atoms with van der Waals surface area (Å²) in [4.78, 5) is 13.1. The minimum Gasteiger partial charge on any atom is -0.481 e. The summed E-state index contributed by atoms with van der Waals surface area (Å²) in [7, 11) is 0. The van der Waals surface area contributed by atoms with E-state index in [1.807, 2.05) is 18.2 Å². The molecule has 0 aromatic heterocycles. The van der Waals surface area contributed by atoms with Crippen LogP contribution in [0.25, 0.3) is 0 Å². The van der Waals surface area contributed by atoms with Gasteiger partial charge in [-0.2, -0.15) is 0 Å². The lowest BCUT2D eigenvalue weighted by Gasteiger charge is -2.29. The van der Waals surface area contributed by atoms with Crippen LogP contribution in [-0.4, -0.2) is 24.2 Å². The molecule has 0 heterocycles. The van der Waals surface area contributed by atoms with Crippen LogP contribution in [0.15, 0.2) is 30.3 Å². The van der Waals surface area contributed by atoms with Crippen LogP contribution in [0.3, 0.4) is 0 Å². The van der Waals surface area contributed by atoms with Crippen molar-refractivity contribution < 1.29 is 9.90 Å². The van der Waals surface area contributed by atoms with Crippen molar-refractivity contribution >= 4 is 11.7 Å². The molecule has 0 saturated heterocycles. The SMILES string of the molecule is CCCCC(CC)CN(CCCC(=O)O)c1ccccc1. The fraction of sp³-hybridized carbons (Fsp3) is 0.611. The highest BCUT2D eigenvalue weighted by atomic mass is 16.4. The van der Waals surface area contributed by atoms with E-state index in [1.54, 1.807) is 0 Å². The number of carboxylic acids is 1. The number of rotatable bonds is 11. The number of hydrogen-bond donors (Lipinski definition) is 1. The average Bonchev–Trinajstić information content (AvgIpc) is 2.50. The first kappa shape index (κ1) is 17.5. The summed E-state index contributed by atoms with van der Waals surface area (Å²) < 4.78 is 0. The van der Waals surface area contributed by atoms with Crippen LogP contribution in [0, 0.1) is 5.92 Å². The number of unbranched alkanes of at least 4 members (excludes halogenated alkanes) is 1. The monoisotopic (exact) mass is 291 g/mol. The molecule has 1 N–H and O–H groups in total. The molecular formula is C18H29NO2. The van der Waals surface area contributed by atoms with E-state index < -0.39 is 5.97 Å². The van der Waals surface area contributed by atoms with Gasteiger partial charge >= 0.3 is 5.97 Å². The third-order valence-electron chi connectivity index (χ3n) is 3.96. The molecule has 0 saturated carbocycles. The van der Waals surface area contributed by atoms with Crippen molar-refractivity contribution in [2.45, 2.75) is 52.4 Å². The molecule has 1 unspecified atom stereocenters. The van der Waals surface area contributed by atoms with Crippen molar-refractivity contribution in [1.29, 1.82) is 0 Å². The molecule has 0 radical (unpaired) electrons. The summed E-state index contributed by atoms with van der Waals surface area (Å²) in [5, 5.41) is 8.82. The molecule has 1 atom stereocenters. The van der Waals surface area contributed by atoms with Crippen molar-refractivity contribution in [2.24, 2.45) is 5.92 Å². The van der Waals surface area contributed by atoms with E-state index in [0.717, 1.165) is 13.1 Å². The van der Waals surface area contributed by atoms with E-state index in [1.165, 1.54) is 31.4 Å². The topological polar surface area (TPSA) is 40.5 Å². The molecule has 118 valence electrons. The highest BCUT2D eigenvalue weighted by molar-refractivity contribution is 5.66. The maximum atomic E-state index is 10.7. The second-order valence-corrected chi connectivity index (χ2v) is 5.70. The van der Waals surface area contributed by atoms with Crippen molar-refractivity contribution in [3.63, 3.8) is 0 Å². The summed E-state index contributed by atoms with van der Waals surface area (Å²) in [6.45, 7) is 6.33. The molecule has 0 aliphatic carbocycles. The second kappa shape index (κ2) is 10.3. The van der Waals surface area contributed by atoms with E-state index in [4.69, 9.17) is 5.11 Å². The van der Waals surface area contributed by atoms with Crippen LogP contribution >= 0.6 is 0 Å². The summed E-state index contributed by atoms with van der Waals surface area (Å²) in [5.41, 5.74) is 1.21. The van der Waals surface area contributed by atoms with Crippen molar-refractivity contribution in [1.82, 2.24) is 0 Å². The Labute approximate surface area is 129 Å². The average molecular weight is 291 g/mol. The maximum absolute atomic E-state index is 10.7. The first-order valence-electron chi connectivity index (χ1n) is 8.19. The first-order valence-corrected chi connectivity index (χ1v) is 8.19. The number of benzene rings is 1. The second-order valence-electron chi connectivity index (χ2n) is 5.70. The largest absolute Gasteiger partial charge is 0.481 e. The Morgan fingerprint density at radius 1 is 1.19 bits per heavy atom. The van der Waals surface area contributed by atoms with Crippen LogP contribution in [0.2, 0.25) is 0 Å². The predicted molar refractivity (Wildman–Crippen MR) is 88.8 cm³/mol. The van der Waals surface area contributed by atoms with Gasteiger partial charge in [-0.1, -0.05) is 51.3 Å². The summed E-state index contributed by atoms with van der Waals surface area (Å²) in [5.74, 6) is -0.0176. The summed E-state index contributed by atoms with van der Waals surface area (Å²) in [6.07, 6.45) is 5.90. The number of anilines is 1. The van der Waals surface area contributed by atoms with Crippen LogP contribution < -0.4 is 4.90 Å². The number of para-hydroxylation sites is 1. The highest BCUT2D eigenvalue weighted by Gasteiger charge is 2.13. The van der Waals surface area contributed by atoms with Crippen LogP contribution in [-0.2, 0) is 4.79 Å². The van der Waals surface area contributed by atoms with Crippen LogP contribution in [0.4, 0.5) is 5.69 Å². The maximum Gasteiger partial charge on any atom is 0.303 e. The third-order valence-corrected chi connectivity index (χ3v) is 3.96. The number of nitrogens with zero attached hydrogens (tertiary/aromatic N) is 1. The van der Waals surface area contributed by atoms with Gasteiger partial charge in [0.15, 0.2) is 0 Å². The Bertz CT molecular complexity index is 391. The molecule has 1 aromatic rings. The fourth-order valence-electron chi connectivity index (χ4n) is 2.61. The van der Waals surface area contributed by atoms with Gasteiger partial charge in [-0.15, -0.1) is 0 Å². The van der Waals surface area contributed by atoms with Gasteiger partial charge in [0, 0.05) is 25.2 Å². The van der Waals surface area contributed by atoms with Gasteiger partial charge in [-0.25, -0.2) is 0 Å². The summed E-state index contributed by atoms with van der Waals surface area (Å²) >= 11 is 0. The minimum absolute atomic E-state index is 0.245. The quantitative estimate of drug-likeness (QED) is 0.649. The molecule has 0 amide bonds. The lowest BCUT2D eigenvalue weighted by atomic mass is 9.98. The number of carbonyl (C=O) groups is 1. The van der Waals surface area contributed by atoms with E-state index in [9.17, 15) is 4.79 Å². The smallest absolute Gasteiger partial charge is 0.303 e. The van der Waals surface area contributed by atoms with E-state index in [2.05, 4.69) is 30.9 Å². The molecule has 1 rings (SSSR count). The fourth-order valence-corrected chi connectivity index (χ4v) is 2.61.